The number of hydrogen-bond donors (Lipinski definition) is 4. The molecule has 0 saturated carbocycles. The molecule has 0 fully saturated rings. The third-order valence-corrected chi connectivity index (χ3v) is 7.41. The number of unbranched alkanes of at least 4 members (excludes halogenated alkanes) is 1. The predicted octanol–water partition coefficient (Wildman–Crippen LogP) is 4.79. The number of benzene rings is 2. The molecule has 12 heteroatoms. The van der Waals surface area contributed by atoms with Crippen LogP contribution in [0.5, 0.6) is 0 Å². The van der Waals surface area contributed by atoms with Gasteiger partial charge in [0.1, 0.15) is 5.60 Å². The van der Waals surface area contributed by atoms with Gasteiger partial charge in [0.25, 0.3) is 0 Å². The highest BCUT2D eigenvalue weighted by molar-refractivity contribution is 9.10. The van der Waals surface area contributed by atoms with Crippen LogP contribution in [0.3, 0.4) is 0 Å². The van der Waals surface area contributed by atoms with Gasteiger partial charge in [0.2, 0.25) is 5.91 Å². The summed E-state index contributed by atoms with van der Waals surface area (Å²) in [4.78, 5) is 64.3. The van der Waals surface area contributed by atoms with Gasteiger partial charge in [-0.2, -0.15) is 0 Å². The molecule has 0 spiro atoms. The predicted molar refractivity (Wildman–Crippen MR) is 162 cm³/mol. The normalized spacial score (nSPS) is 14.4. The van der Waals surface area contributed by atoms with Crippen LogP contribution in [0.4, 0.5) is 10.5 Å². The number of aliphatic carboxylic acids is 1. The van der Waals surface area contributed by atoms with Gasteiger partial charge in [0.05, 0.1) is 11.0 Å². The molecule has 0 saturated heterocycles. The first kappa shape index (κ1) is 31.0. The number of hydrogen-bond acceptors (Lipinski definition) is 6. The molecule has 1 aliphatic heterocycles. The van der Waals surface area contributed by atoms with Gasteiger partial charge in [0, 0.05) is 35.6 Å². The van der Waals surface area contributed by atoms with Crippen molar-refractivity contribution < 1.29 is 24.2 Å². The van der Waals surface area contributed by atoms with Crippen molar-refractivity contribution in [2.45, 2.75) is 83.9 Å². The number of aromatic amines is 1. The second kappa shape index (κ2) is 12.9. The number of alkyl carbamates (subject to hydrolysis) is 1. The van der Waals surface area contributed by atoms with E-state index in [-0.39, 0.29) is 25.3 Å². The molecule has 1 aliphatic rings. The quantitative estimate of drug-likeness (QED) is 0.183. The van der Waals surface area contributed by atoms with E-state index < -0.39 is 34.8 Å². The van der Waals surface area contributed by atoms with Crippen LogP contribution >= 0.6 is 15.9 Å². The van der Waals surface area contributed by atoms with Crippen LogP contribution in [-0.2, 0) is 33.7 Å². The van der Waals surface area contributed by atoms with Crippen molar-refractivity contribution in [1.82, 2.24) is 14.9 Å². The fourth-order valence-corrected chi connectivity index (χ4v) is 5.69. The Morgan fingerprint density at radius 3 is 2.62 bits per heavy atom. The summed E-state index contributed by atoms with van der Waals surface area (Å²) in [7, 11) is 0. The lowest BCUT2D eigenvalue weighted by Crippen LogP contribution is -2.41. The lowest BCUT2D eigenvalue weighted by Gasteiger charge is -2.27. The van der Waals surface area contributed by atoms with Gasteiger partial charge in [0.15, 0.2) is 0 Å². The standard InChI is InChI=1S/C30H35BrN4O7/c1-30(2,3)42-29(41)32-16-17-8-11-22(18(12-17)6-4-5-7-25(37)38)33-24(36)15-21-10-9-19-13-20(31)14-23-26(19)35(21)28(40)27(39)34-23/h8,11-14,21H,4-7,9-10,15-16H2,1-3H3,(H,32,41)(H,33,36)(H,34,39)(H,37,38)/t21-/m0/s1. The zero-order chi connectivity index (χ0) is 30.6. The number of amides is 2. The third kappa shape index (κ3) is 7.87. The molecule has 1 aromatic heterocycles. The molecule has 0 aliphatic carbocycles. The van der Waals surface area contributed by atoms with E-state index in [2.05, 4.69) is 31.5 Å². The number of rotatable bonds is 10. The fourth-order valence-electron chi connectivity index (χ4n) is 5.19. The number of nitrogens with zero attached hydrogens (tertiary/aromatic N) is 1. The zero-order valence-corrected chi connectivity index (χ0v) is 25.4. The van der Waals surface area contributed by atoms with Gasteiger partial charge in [-0.1, -0.05) is 28.1 Å². The summed E-state index contributed by atoms with van der Waals surface area (Å²) >= 11 is 3.45. The summed E-state index contributed by atoms with van der Waals surface area (Å²) in [5.41, 5.74) is 2.19. The molecular formula is C30H35BrN4O7. The monoisotopic (exact) mass is 642 g/mol. The number of carboxylic acid groups (broad SMARTS) is 1. The van der Waals surface area contributed by atoms with E-state index in [0.29, 0.717) is 48.8 Å². The molecule has 0 bridgehead atoms. The molecule has 42 heavy (non-hydrogen) atoms. The number of anilines is 1. The van der Waals surface area contributed by atoms with Gasteiger partial charge in [-0.3, -0.25) is 23.7 Å². The van der Waals surface area contributed by atoms with E-state index in [1.807, 2.05) is 12.1 Å². The van der Waals surface area contributed by atoms with Gasteiger partial charge in [-0.15, -0.1) is 0 Å². The molecular weight excluding hydrogens is 608 g/mol. The summed E-state index contributed by atoms with van der Waals surface area (Å²) in [5.74, 6) is -1.18. The number of carbonyl (C=O) groups excluding carboxylic acids is 2. The Morgan fingerprint density at radius 2 is 1.90 bits per heavy atom. The van der Waals surface area contributed by atoms with Crippen LogP contribution in [-0.4, -0.2) is 38.2 Å². The van der Waals surface area contributed by atoms with Crippen LogP contribution in [0, 0.1) is 0 Å². The summed E-state index contributed by atoms with van der Waals surface area (Å²) in [5, 5.41) is 14.7. The Morgan fingerprint density at radius 1 is 1.14 bits per heavy atom. The minimum Gasteiger partial charge on any atom is -0.481 e. The Labute approximate surface area is 250 Å². The lowest BCUT2D eigenvalue weighted by molar-refractivity contribution is -0.137. The number of ether oxygens (including phenoxy) is 1. The van der Waals surface area contributed by atoms with Crippen LogP contribution in [0.25, 0.3) is 11.0 Å². The van der Waals surface area contributed by atoms with Gasteiger partial charge < -0.3 is 25.5 Å². The zero-order valence-electron chi connectivity index (χ0n) is 23.8. The van der Waals surface area contributed by atoms with Crippen LogP contribution in [0.2, 0.25) is 0 Å². The molecule has 4 N–H and O–H groups in total. The van der Waals surface area contributed by atoms with Gasteiger partial charge >= 0.3 is 23.2 Å². The summed E-state index contributed by atoms with van der Waals surface area (Å²) in [6.07, 6.45) is 2.24. The van der Waals surface area contributed by atoms with Crippen molar-refractivity contribution in [2.24, 2.45) is 0 Å². The maximum absolute atomic E-state index is 13.3. The Bertz CT molecular complexity index is 1640. The molecule has 2 heterocycles. The molecule has 2 amide bonds. The minimum absolute atomic E-state index is 0.00559. The highest BCUT2D eigenvalue weighted by Crippen LogP contribution is 2.32. The van der Waals surface area contributed by atoms with E-state index in [0.717, 1.165) is 21.2 Å². The van der Waals surface area contributed by atoms with Crippen molar-refractivity contribution in [1.29, 1.82) is 0 Å². The lowest BCUT2D eigenvalue weighted by atomic mass is 9.96. The van der Waals surface area contributed by atoms with Crippen molar-refractivity contribution in [2.75, 3.05) is 5.32 Å². The second-order valence-corrected chi connectivity index (χ2v) is 12.4. The van der Waals surface area contributed by atoms with Crippen molar-refractivity contribution in [3.63, 3.8) is 0 Å². The number of H-pyrrole nitrogens is 1. The molecule has 0 radical (unpaired) electrons. The summed E-state index contributed by atoms with van der Waals surface area (Å²) < 4.78 is 7.53. The fraction of sp³-hybridized carbons (Fsp3) is 0.433. The summed E-state index contributed by atoms with van der Waals surface area (Å²) in [6.45, 7) is 5.54. The number of aryl methyl sites for hydroxylation is 2. The molecule has 3 aromatic rings. The van der Waals surface area contributed by atoms with Crippen LogP contribution in [0.1, 0.15) is 75.6 Å². The Kier molecular flexibility index (Phi) is 9.55. The van der Waals surface area contributed by atoms with E-state index >= 15 is 0 Å². The number of aromatic nitrogens is 2. The van der Waals surface area contributed by atoms with Gasteiger partial charge in [-0.25, -0.2) is 4.79 Å². The number of halogens is 1. The first-order chi connectivity index (χ1) is 19.8. The van der Waals surface area contributed by atoms with Crippen molar-refractivity contribution in [3.05, 3.63) is 72.2 Å². The highest BCUT2D eigenvalue weighted by Gasteiger charge is 2.27. The molecule has 224 valence electrons. The van der Waals surface area contributed by atoms with Crippen molar-refractivity contribution >= 4 is 50.6 Å². The SMILES string of the molecule is CC(C)(C)OC(=O)NCc1ccc(NC(=O)C[C@@H]2CCc3cc(Br)cc4[nH]c(=O)c(=O)n2c34)c(CCCCC(=O)O)c1. The van der Waals surface area contributed by atoms with E-state index in [1.165, 1.54) is 4.57 Å². The van der Waals surface area contributed by atoms with E-state index in [1.54, 1.807) is 39.0 Å². The average Bonchev–Trinajstić information content (AvgIpc) is 2.89. The molecule has 4 rings (SSSR count). The average molecular weight is 644 g/mol. The maximum atomic E-state index is 13.3. The van der Waals surface area contributed by atoms with Gasteiger partial charge in [-0.05, 0) is 87.8 Å². The number of carbonyl (C=O) groups is 3. The van der Waals surface area contributed by atoms with E-state index in [9.17, 15) is 24.0 Å². The van der Waals surface area contributed by atoms with Crippen LogP contribution < -0.4 is 21.8 Å². The Hall–Kier alpha value is -3.93. The largest absolute Gasteiger partial charge is 0.481 e. The topological polar surface area (TPSA) is 160 Å². The number of nitrogens with one attached hydrogen (secondary N) is 3. The van der Waals surface area contributed by atoms with Crippen LogP contribution in [0.15, 0.2) is 44.4 Å². The molecule has 2 aromatic carbocycles. The smallest absolute Gasteiger partial charge is 0.407 e. The molecule has 11 nitrogen and oxygen atoms in total. The van der Waals surface area contributed by atoms with Crippen molar-refractivity contribution in [3.8, 4) is 0 Å². The first-order valence-corrected chi connectivity index (χ1v) is 14.7. The van der Waals surface area contributed by atoms with E-state index in [4.69, 9.17) is 9.84 Å². The minimum atomic E-state index is -0.871. The maximum Gasteiger partial charge on any atom is 0.407 e. The number of carboxylic acids is 1. The Balaban J connectivity index is 1.52. The highest BCUT2D eigenvalue weighted by atomic mass is 79.9. The molecule has 1 atom stereocenters. The first-order valence-electron chi connectivity index (χ1n) is 13.9. The summed E-state index contributed by atoms with van der Waals surface area (Å²) in [6, 6.07) is 8.58. The molecule has 0 unspecified atom stereocenters. The third-order valence-electron chi connectivity index (χ3n) is 6.96. The second-order valence-electron chi connectivity index (χ2n) is 11.5.